The van der Waals surface area contributed by atoms with E-state index in [1.165, 1.54) is 12.1 Å². The molecule has 0 fully saturated rings. The van der Waals surface area contributed by atoms with Gasteiger partial charge in [-0.25, -0.2) is 9.59 Å². The zero-order valence-electron chi connectivity index (χ0n) is 16.4. The van der Waals surface area contributed by atoms with E-state index in [-0.39, 0.29) is 23.5 Å². The summed E-state index contributed by atoms with van der Waals surface area (Å²) in [7, 11) is 0. The van der Waals surface area contributed by atoms with E-state index in [2.05, 4.69) is 0 Å². The Kier molecular flexibility index (Phi) is 5.04. The van der Waals surface area contributed by atoms with Crippen molar-refractivity contribution in [1.82, 2.24) is 0 Å². The highest BCUT2D eigenvalue weighted by Crippen LogP contribution is 2.33. The Morgan fingerprint density at radius 2 is 1.55 bits per heavy atom. The van der Waals surface area contributed by atoms with Crippen LogP contribution >= 0.6 is 0 Å². The van der Waals surface area contributed by atoms with Crippen LogP contribution in [0.25, 0.3) is 21.8 Å². The topological polar surface area (TPSA) is 111 Å². The van der Waals surface area contributed by atoms with Crippen molar-refractivity contribution in [2.75, 3.05) is 0 Å². The van der Waals surface area contributed by atoms with Gasteiger partial charge in [0.25, 0.3) is 0 Å². The maximum atomic E-state index is 13.3. The standard InChI is InChI=1S/C23H16N2O6/c1-14-7-6-12-19(25(29)30)22(14)31-23(28)21-15-8-2-4-10-17(15)24(13-20(26)27)18-11-5-3-9-16(18)21/h2-12H,13H2,1H3/p+1. The summed E-state index contributed by atoms with van der Waals surface area (Å²) in [4.78, 5) is 35.6. The van der Waals surface area contributed by atoms with Crippen molar-refractivity contribution in [1.29, 1.82) is 0 Å². The number of esters is 1. The molecule has 0 unspecified atom stereocenters. The predicted octanol–water partition coefficient (Wildman–Crippen LogP) is 3.80. The fourth-order valence-electron chi connectivity index (χ4n) is 3.70. The number of aryl methyl sites for hydroxylation is 1. The summed E-state index contributed by atoms with van der Waals surface area (Å²) in [5, 5.41) is 21.8. The van der Waals surface area contributed by atoms with Crippen LogP contribution in [0, 0.1) is 17.0 Å². The Labute approximate surface area is 176 Å². The molecule has 0 spiro atoms. The van der Waals surface area contributed by atoms with Gasteiger partial charge >= 0.3 is 17.6 Å². The Balaban J connectivity index is 1.98. The lowest BCUT2D eigenvalue weighted by Crippen LogP contribution is -2.40. The van der Waals surface area contributed by atoms with E-state index >= 15 is 0 Å². The Hall–Kier alpha value is -4.33. The van der Waals surface area contributed by atoms with Crippen LogP contribution in [0.15, 0.2) is 66.7 Å². The normalized spacial score (nSPS) is 10.9. The number of hydrogen-bond donors (Lipinski definition) is 1. The first-order valence-corrected chi connectivity index (χ1v) is 9.39. The zero-order valence-corrected chi connectivity index (χ0v) is 16.4. The first-order chi connectivity index (χ1) is 14.9. The van der Waals surface area contributed by atoms with Crippen LogP contribution in [0.1, 0.15) is 15.9 Å². The predicted molar refractivity (Wildman–Crippen MR) is 112 cm³/mol. The highest BCUT2D eigenvalue weighted by Gasteiger charge is 2.28. The Morgan fingerprint density at radius 3 is 2.10 bits per heavy atom. The summed E-state index contributed by atoms with van der Waals surface area (Å²) in [6.07, 6.45) is 0. The molecule has 1 aromatic heterocycles. The summed E-state index contributed by atoms with van der Waals surface area (Å²) in [6, 6.07) is 18.2. The molecule has 31 heavy (non-hydrogen) atoms. The van der Waals surface area contributed by atoms with Crippen molar-refractivity contribution < 1.29 is 28.9 Å². The molecule has 0 bridgehead atoms. The van der Waals surface area contributed by atoms with Gasteiger partial charge in [-0.3, -0.25) is 10.1 Å². The molecule has 0 radical (unpaired) electrons. The number of aliphatic carboxylic acids is 1. The van der Waals surface area contributed by atoms with Crippen LogP contribution in [0.3, 0.4) is 0 Å². The molecule has 3 aromatic carbocycles. The second-order valence-corrected chi connectivity index (χ2v) is 6.96. The Bertz CT molecular complexity index is 1320. The molecule has 4 aromatic rings. The third-order valence-corrected chi connectivity index (χ3v) is 5.01. The molecular formula is C23H17N2O6+. The highest BCUT2D eigenvalue weighted by atomic mass is 16.6. The van der Waals surface area contributed by atoms with Crippen molar-refractivity contribution in [2.24, 2.45) is 0 Å². The van der Waals surface area contributed by atoms with E-state index in [1.807, 2.05) is 0 Å². The van der Waals surface area contributed by atoms with E-state index in [1.54, 1.807) is 66.1 Å². The van der Waals surface area contributed by atoms with Crippen molar-refractivity contribution in [3.8, 4) is 5.75 Å². The number of para-hydroxylation sites is 3. The van der Waals surface area contributed by atoms with E-state index in [4.69, 9.17) is 4.74 Å². The van der Waals surface area contributed by atoms with Gasteiger partial charge < -0.3 is 9.84 Å². The summed E-state index contributed by atoms with van der Waals surface area (Å²) >= 11 is 0. The molecule has 0 saturated heterocycles. The first-order valence-electron chi connectivity index (χ1n) is 9.39. The van der Waals surface area contributed by atoms with Gasteiger partial charge in [-0.15, -0.1) is 0 Å². The monoisotopic (exact) mass is 417 g/mol. The molecular weight excluding hydrogens is 400 g/mol. The number of hydrogen-bond acceptors (Lipinski definition) is 5. The lowest BCUT2D eigenvalue weighted by Gasteiger charge is -2.12. The van der Waals surface area contributed by atoms with E-state index in [0.29, 0.717) is 27.4 Å². The van der Waals surface area contributed by atoms with E-state index in [9.17, 15) is 24.8 Å². The van der Waals surface area contributed by atoms with Crippen molar-refractivity contribution in [2.45, 2.75) is 13.5 Å². The largest absolute Gasteiger partial charge is 0.477 e. The minimum absolute atomic E-state index is 0.118. The summed E-state index contributed by atoms with van der Waals surface area (Å²) in [5.41, 5.74) is 1.43. The van der Waals surface area contributed by atoms with Crippen LogP contribution in [-0.4, -0.2) is 22.0 Å². The molecule has 0 atom stereocenters. The summed E-state index contributed by atoms with van der Waals surface area (Å²) in [5.74, 6) is -1.90. The summed E-state index contributed by atoms with van der Waals surface area (Å²) < 4.78 is 7.17. The number of fused-ring (bicyclic) bond motifs is 2. The molecule has 0 aliphatic heterocycles. The van der Waals surface area contributed by atoms with Gasteiger partial charge in [0.2, 0.25) is 23.3 Å². The van der Waals surface area contributed by atoms with Gasteiger partial charge in [-0.1, -0.05) is 36.4 Å². The van der Waals surface area contributed by atoms with Crippen LogP contribution < -0.4 is 9.30 Å². The van der Waals surface area contributed by atoms with Crippen LogP contribution in [0.2, 0.25) is 0 Å². The minimum Gasteiger partial charge on any atom is -0.477 e. The number of nitro groups is 1. The van der Waals surface area contributed by atoms with Gasteiger partial charge in [0, 0.05) is 18.2 Å². The molecule has 0 amide bonds. The number of nitro benzene ring substituents is 1. The van der Waals surface area contributed by atoms with E-state index < -0.39 is 16.9 Å². The van der Waals surface area contributed by atoms with Crippen molar-refractivity contribution >= 4 is 39.4 Å². The number of nitrogens with zero attached hydrogens (tertiary/aromatic N) is 2. The maximum absolute atomic E-state index is 13.3. The van der Waals surface area contributed by atoms with E-state index in [0.717, 1.165) is 0 Å². The lowest BCUT2D eigenvalue weighted by molar-refractivity contribution is -0.633. The third-order valence-electron chi connectivity index (χ3n) is 5.01. The molecule has 0 aliphatic rings. The molecule has 8 nitrogen and oxygen atoms in total. The Morgan fingerprint density at radius 1 is 0.968 bits per heavy atom. The van der Waals surface area contributed by atoms with Crippen LogP contribution in [0.5, 0.6) is 5.75 Å². The second-order valence-electron chi connectivity index (χ2n) is 6.96. The van der Waals surface area contributed by atoms with Gasteiger partial charge in [-0.05, 0) is 24.6 Å². The zero-order chi connectivity index (χ0) is 22.1. The smallest absolute Gasteiger partial charge is 0.370 e. The number of carboxylic acids is 1. The molecule has 4 rings (SSSR count). The van der Waals surface area contributed by atoms with Gasteiger partial charge in [0.05, 0.1) is 21.3 Å². The molecule has 0 aliphatic carbocycles. The molecule has 8 heteroatoms. The first kappa shape index (κ1) is 20.0. The molecule has 0 saturated carbocycles. The molecule has 1 N–H and O–H groups in total. The SMILES string of the molecule is Cc1cccc([N+](=O)[O-])c1OC(=O)c1c2ccccc2[n+](CC(=O)O)c2ccccc12. The average molecular weight is 417 g/mol. The maximum Gasteiger partial charge on any atom is 0.370 e. The number of carboxylic acid groups (broad SMARTS) is 1. The van der Waals surface area contributed by atoms with Crippen LogP contribution in [-0.2, 0) is 11.3 Å². The van der Waals surface area contributed by atoms with Gasteiger partial charge in [0.15, 0.2) is 0 Å². The second kappa shape index (κ2) is 7.83. The number of rotatable bonds is 5. The fraction of sp³-hybridized carbons (Fsp3) is 0.0870. The number of ether oxygens (including phenoxy) is 1. The minimum atomic E-state index is -1.02. The highest BCUT2D eigenvalue weighted by molar-refractivity contribution is 6.13. The van der Waals surface area contributed by atoms with Gasteiger partial charge in [-0.2, -0.15) is 4.57 Å². The van der Waals surface area contributed by atoms with Crippen molar-refractivity contribution in [3.63, 3.8) is 0 Å². The average Bonchev–Trinajstić information content (AvgIpc) is 2.74. The van der Waals surface area contributed by atoms with Gasteiger partial charge in [0.1, 0.15) is 0 Å². The lowest BCUT2D eigenvalue weighted by atomic mass is 10.0. The quantitative estimate of drug-likeness (QED) is 0.132. The molecule has 154 valence electrons. The number of carbonyl (C=O) groups is 2. The van der Waals surface area contributed by atoms with Crippen molar-refractivity contribution in [3.05, 3.63) is 88.0 Å². The third kappa shape index (κ3) is 3.55. The summed E-state index contributed by atoms with van der Waals surface area (Å²) in [6.45, 7) is 1.33. The number of benzene rings is 3. The number of carbonyl (C=O) groups excluding carboxylic acids is 1. The molecule has 1 heterocycles. The fourth-order valence-corrected chi connectivity index (χ4v) is 3.70. The number of aromatic nitrogens is 1. The van der Waals surface area contributed by atoms with Crippen LogP contribution in [0.4, 0.5) is 5.69 Å². The number of pyridine rings is 1.